The number of aliphatic hydroxyl groups excluding tert-OH is 5. The molecule has 0 saturated carbocycles. The Balaban J connectivity index is 0.000000340. The fourth-order valence-corrected chi connectivity index (χ4v) is 8.57. The minimum absolute atomic E-state index is 0. The zero-order valence-electron chi connectivity index (χ0n) is 34.9. The van der Waals surface area contributed by atoms with Crippen LogP contribution in [0.25, 0.3) is 22.3 Å². The lowest BCUT2D eigenvalue weighted by molar-refractivity contribution is -0.223. The highest BCUT2D eigenvalue weighted by molar-refractivity contribution is 7.99. The van der Waals surface area contributed by atoms with Gasteiger partial charge in [-0.05, 0) is 18.8 Å². The van der Waals surface area contributed by atoms with Crippen molar-refractivity contribution in [2.45, 2.75) is 92.0 Å². The van der Waals surface area contributed by atoms with Crippen molar-refractivity contribution in [1.82, 2.24) is 39.0 Å². The van der Waals surface area contributed by atoms with Crippen molar-refractivity contribution in [3.05, 3.63) is 12.7 Å². The summed E-state index contributed by atoms with van der Waals surface area (Å²) in [6.45, 7) is -0.200. The highest BCUT2D eigenvalue weighted by Crippen LogP contribution is 2.38. The summed E-state index contributed by atoms with van der Waals surface area (Å²) in [7, 11) is -5.09. The average Bonchev–Trinajstić information content (AvgIpc) is 4.01. The monoisotopic (exact) mass is 1080 g/mol. The highest BCUT2D eigenvalue weighted by Gasteiger charge is 2.46. The van der Waals surface area contributed by atoms with Crippen LogP contribution in [0.4, 0.5) is 38.0 Å². The zero-order chi connectivity index (χ0) is 49.0. The Morgan fingerprint density at radius 1 is 0.746 bits per heavy atom. The number of phosphoric ester groups is 1. The van der Waals surface area contributed by atoms with Gasteiger partial charge in [0.25, 0.3) is 7.82 Å². The summed E-state index contributed by atoms with van der Waals surface area (Å²) in [5.74, 6) is 1.56. The molecule has 0 aromatic carbocycles. The second kappa shape index (κ2) is 26.9. The van der Waals surface area contributed by atoms with Crippen LogP contribution in [-0.2, 0) is 18.6 Å². The van der Waals surface area contributed by atoms with E-state index in [0.29, 0.717) is 24.4 Å². The van der Waals surface area contributed by atoms with E-state index in [1.165, 1.54) is 21.8 Å². The summed E-state index contributed by atoms with van der Waals surface area (Å²) in [5, 5.41) is 56.6. The molecule has 6 rings (SSSR count). The lowest BCUT2D eigenvalue weighted by Crippen LogP contribution is -2.34. The van der Waals surface area contributed by atoms with E-state index in [0.717, 1.165) is 35.0 Å². The number of anilines is 2. The number of aromatic nitrogens is 8. The maximum absolute atomic E-state index is 12.6. The minimum atomic E-state index is -5.09. The summed E-state index contributed by atoms with van der Waals surface area (Å²) in [4.78, 5) is 45.2. The Hall–Kier alpha value is -2.14. The smallest absolute Gasteiger partial charge is 0.389 e. The first-order chi connectivity index (χ1) is 31.1. The molecule has 1 unspecified atom stereocenters. The third-order valence-electron chi connectivity index (χ3n) is 9.04. The first-order valence-corrected chi connectivity index (χ1v) is 26.4. The van der Waals surface area contributed by atoms with Crippen molar-refractivity contribution in [3.8, 4) is 0 Å². The molecular weight excluding hydrogens is 1030 g/mol. The normalized spacial score (nSPS) is 23.8. The van der Waals surface area contributed by atoms with Gasteiger partial charge in [-0.2, -0.15) is 62.5 Å². The number of ether oxygens (including phenoxy) is 2. The average molecular weight is 1080 g/mol. The molecule has 6 heterocycles. The molecule has 0 spiro atoms. The summed E-state index contributed by atoms with van der Waals surface area (Å²) >= 11 is 8.35. The van der Waals surface area contributed by atoms with Crippen molar-refractivity contribution in [3.63, 3.8) is 0 Å². The summed E-state index contributed by atoms with van der Waals surface area (Å²) in [5.41, 5.74) is 0.964. The van der Waals surface area contributed by atoms with E-state index in [-0.39, 0.29) is 51.9 Å². The Kier molecular flexibility index (Phi) is 23.8. The molecule has 4 aromatic rings. The van der Waals surface area contributed by atoms with Gasteiger partial charge in [0.15, 0.2) is 56.7 Å². The summed E-state index contributed by atoms with van der Waals surface area (Å²) in [6, 6.07) is 0. The molecule has 2 saturated heterocycles. The molecular formula is C34H52F6N10O11PS5-. The molecule has 2 aliphatic heterocycles. The standard InChI is InChI=1S/C16H23F3N5O7PS2.C16H22F3N5O4S2.CH4S.CH4/c1-33-5-3-20-12-9-13(23-15(22-12)34-4-2-16(17,18)19)24(7-21-9)14-11(26)10(25)8(31-14)6-30-32(27,28)29;1-29-5-3-20-12-9-13(23-15(22-12)30-4-2-16(17,18)19)24(7-21-9)14-11(27)10(26)8(6-25)28-14;1-2;/h7-8,10-11,14,25-26H,2-6H2,1H3,(H,20,22,23)(H2,27,28,29);7-8,10-11,14,25-27H,2-6H2,1H3,(H,20,22,23);2H,1H3;1H4/p-1/t2*8-,10-,11-,14-;;/m11../s1. The Bertz CT molecular complexity index is 2190. The van der Waals surface area contributed by atoms with Crippen LogP contribution in [0.5, 0.6) is 0 Å². The molecule has 9 atom stereocenters. The van der Waals surface area contributed by atoms with Crippen molar-refractivity contribution in [2.24, 2.45) is 0 Å². The molecule has 21 nitrogen and oxygen atoms in total. The Morgan fingerprint density at radius 2 is 1.15 bits per heavy atom. The number of aliphatic hydroxyl groups is 5. The number of halogens is 6. The van der Waals surface area contributed by atoms with Crippen LogP contribution in [0, 0.1) is 0 Å². The minimum Gasteiger partial charge on any atom is -0.756 e. The number of alkyl halides is 6. The van der Waals surface area contributed by atoms with Crippen LogP contribution in [0.15, 0.2) is 23.0 Å². The number of nitrogens with one attached hydrogen (secondary N) is 2. The van der Waals surface area contributed by atoms with E-state index in [4.69, 9.17) is 14.4 Å². The molecule has 0 aliphatic carbocycles. The highest BCUT2D eigenvalue weighted by atomic mass is 32.2. The molecule has 382 valence electrons. The maximum atomic E-state index is 12.6. The van der Waals surface area contributed by atoms with Gasteiger partial charge in [-0.25, -0.2) is 29.9 Å². The number of fused-ring (bicyclic) bond motifs is 2. The number of hydrogen-bond donors (Lipinski definition) is 9. The summed E-state index contributed by atoms with van der Waals surface area (Å²) in [6.07, 6.45) is -12.9. The number of rotatable bonds is 20. The second-order valence-electron chi connectivity index (χ2n) is 13.7. The van der Waals surface area contributed by atoms with Gasteiger partial charge in [0.05, 0.1) is 38.7 Å². The van der Waals surface area contributed by atoms with Crippen molar-refractivity contribution >= 4 is 101 Å². The molecule has 0 bridgehead atoms. The van der Waals surface area contributed by atoms with Crippen LogP contribution in [0.1, 0.15) is 32.7 Å². The van der Waals surface area contributed by atoms with Crippen molar-refractivity contribution < 1.29 is 80.2 Å². The predicted molar refractivity (Wildman–Crippen MR) is 244 cm³/mol. The molecule has 0 amide bonds. The molecule has 4 aromatic heterocycles. The van der Waals surface area contributed by atoms with Crippen LogP contribution >= 0.6 is 67.5 Å². The molecule has 8 N–H and O–H groups in total. The van der Waals surface area contributed by atoms with Gasteiger partial charge in [-0.1, -0.05) is 31.0 Å². The van der Waals surface area contributed by atoms with Gasteiger partial charge < -0.3 is 60.0 Å². The number of nitrogens with zero attached hydrogens (tertiary/aromatic N) is 8. The number of thioether (sulfide) groups is 4. The maximum Gasteiger partial charge on any atom is 0.389 e. The largest absolute Gasteiger partial charge is 0.756 e. The molecule has 0 radical (unpaired) electrons. The first kappa shape index (κ1) is 59.2. The van der Waals surface area contributed by atoms with Gasteiger partial charge >= 0.3 is 12.4 Å². The van der Waals surface area contributed by atoms with Gasteiger partial charge in [0.2, 0.25) is 0 Å². The molecule has 2 fully saturated rings. The van der Waals surface area contributed by atoms with Gasteiger partial charge in [0.1, 0.15) is 36.6 Å². The Morgan fingerprint density at radius 3 is 1.51 bits per heavy atom. The third kappa shape index (κ3) is 17.0. The number of imidazole rings is 2. The van der Waals surface area contributed by atoms with E-state index in [1.807, 2.05) is 12.5 Å². The zero-order valence-corrected chi connectivity index (χ0v) is 40.0. The number of hydrogen-bond acceptors (Lipinski definition) is 23. The SMILES string of the molecule is C.CS.CSCCNc1nc(SCCC(F)(F)F)nc2c1ncn2[C@@H]1O[C@H](CO)[C@@H](O)[C@H]1O.CSCCNc1nc(SCCC(F)(F)F)nc2c1ncn2[C@@H]1O[C@H](COP(=O)([O-])O)[C@@H](O)[C@H]1O. The quantitative estimate of drug-likeness (QED) is 0.0153. The van der Waals surface area contributed by atoms with E-state index < -0.39 is 95.3 Å². The van der Waals surface area contributed by atoms with Crippen LogP contribution in [0.2, 0.25) is 0 Å². The van der Waals surface area contributed by atoms with Crippen LogP contribution in [0.3, 0.4) is 0 Å². The van der Waals surface area contributed by atoms with Gasteiger partial charge in [-0.3, -0.25) is 13.7 Å². The van der Waals surface area contributed by atoms with Crippen molar-refractivity contribution in [2.75, 3.05) is 78.7 Å². The molecule has 33 heteroatoms. The summed E-state index contributed by atoms with van der Waals surface area (Å²) < 4.78 is 104. The van der Waals surface area contributed by atoms with E-state index in [2.05, 4.69) is 57.7 Å². The van der Waals surface area contributed by atoms with Crippen LogP contribution in [-0.4, -0.2) is 187 Å². The second-order valence-corrected chi connectivity index (χ2v) is 19.0. The van der Waals surface area contributed by atoms with Gasteiger partial charge in [-0.15, -0.1) is 0 Å². The van der Waals surface area contributed by atoms with Crippen LogP contribution < -0.4 is 15.5 Å². The van der Waals surface area contributed by atoms with E-state index in [1.54, 1.807) is 29.8 Å². The molecule has 2 aliphatic rings. The first-order valence-electron chi connectivity index (χ1n) is 19.3. The predicted octanol–water partition coefficient (Wildman–Crippen LogP) is 3.18. The third-order valence-corrected chi connectivity index (χ3v) is 12.4. The van der Waals surface area contributed by atoms with E-state index >= 15 is 0 Å². The lowest BCUT2D eigenvalue weighted by Gasteiger charge is -2.20. The lowest BCUT2D eigenvalue weighted by atomic mass is 10.1. The topological polar surface area (TPSA) is 300 Å². The fraction of sp³-hybridized carbons (Fsp3) is 0.706. The van der Waals surface area contributed by atoms with Crippen molar-refractivity contribution in [1.29, 1.82) is 0 Å². The van der Waals surface area contributed by atoms with Gasteiger partial charge in [0, 0.05) is 36.1 Å². The number of phosphoric acid groups is 1. The Labute approximate surface area is 402 Å². The number of thiol groups is 1. The molecule has 67 heavy (non-hydrogen) atoms. The van der Waals surface area contributed by atoms with E-state index in [9.17, 15) is 61.3 Å². The fourth-order valence-electron chi connectivity index (χ4n) is 5.97.